The fourth-order valence-electron chi connectivity index (χ4n) is 3.18. The van der Waals surface area contributed by atoms with Gasteiger partial charge in [-0.05, 0) is 25.0 Å². The SMILES string of the molecule is CCCCCCCCCCOc1cccc2oc(=O)c(O)c(OCCCC)c12. The molecule has 0 spiro atoms. The summed E-state index contributed by atoms with van der Waals surface area (Å²) in [4.78, 5) is 11.9. The fraction of sp³-hybridized carbons (Fsp3) is 0.609. The smallest absolute Gasteiger partial charge is 0.382 e. The summed E-state index contributed by atoms with van der Waals surface area (Å²) in [5, 5.41) is 10.7. The highest BCUT2D eigenvalue weighted by atomic mass is 16.5. The maximum atomic E-state index is 11.9. The van der Waals surface area contributed by atoms with Crippen molar-refractivity contribution in [2.45, 2.75) is 78.1 Å². The summed E-state index contributed by atoms with van der Waals surface area (Å²) < 4.78 is 16.9. The number of unbranched alkanes of at least 4 members (excludes halogenated alkanes) is 8. The number of rotatable bonds is 14. The van der Waals surface area contributed by atoms with Crippen LogP contribution in [0.25, 0.3) is 11.0 Å². The molecule has 0 aliphatic rings. The van der Waals surface area contributed by atoms with Crippen LogP contribution < -0.4 is 15.1 Å². The van der Waals surface area contributed by atoms with Crippen LogP contribution in [-0.2, 0) is 0 Å². The molecule has 0 atom stereocenters. The second-order valence-corrected chi connectivity index (χ2v) is 7.22. The zero-order chi connectivity index (χ0) is 20.2. The van der Waals surface area contributed by atoms with E-state index < -0.39 is 11.4 Å². The van der Waals surface area contributed by atoms with Crippen molar-refractivity contribution < 1.29 is 19.0 Å². The van der Waals surface area contributed by atoms with E-state index in [4.69, 9.17) is 13.9 Å². The maximum Gasteiger partial charge on any atom is 0.382 e. The van der Waals surface area contributed by atoms with Crippen molar-refractivity contribution >= 4 is 11.0 Å². The average Bonchev–Trinajstić information content (AvgIpc) is 2.69. The van der Waals surface area contributed by atoms with Crippen LogP contribution in [0.1, 0.15) is 78.1 Å². The predicted molar refractivity (Wildman–Crippen MR) is 113 cm³/mol. The van der Waals surface area contributed by atoms with Crippen molar-refractivity contribution in [1.82, 2.24) is 0 Å². The van der Waals surface area contributed by atoms with E-state index in [0.29, 0.717) is 29.9 Å². The number of hydrogen-bond acceptors (Lipinski definition) is 5. The van der Waals surface area contributed by atoms with Gasteiger partial charge in [0.05, 0.1) is 13.2 Å². The van der Waals surface area contributed by atoms with Crippen molar-refractivity contribution in [3.63, 3.8) is 0 Å². The monoisotopic (exact) mass is 390 g/mol. The Morgan fingerprint density at radius 3 is 2.21 bits per heavy atom. The van der Waals surface area contributed by atoms with Crippen LogP contribution in [0.2, 0.25) is 0 Å². The normalized spacial score (nSPS) is 11.1. The third-order valence-corrected chi connectivity index (χ3v) is 4.83. The van der Waals surface area contributed by atoms with Gasteiger partial charge in [0.15, 0.2) is 5.75 Å². The van der Waals surface area contributed by atoms with E-state index in [9.17, 15) is 9.90 Å². The number of ether oxygens (including phenoxy) is 2. The third-order valence-electron chi connectivity index (χ3n) is 4.83. The Hall–Kier alpha value is -2.17. The minimum atomic E-state index is -0.792. The zero-order valence-corrected chi connectivity index (χ0v) is 17.3. The van der Waals surface area contributed by atoms with Gasteiger partial charge in [-0.1, -0.05) is 71.3 Å². The molecule has 28 heavy (non-hydrogen) atoms. The lowest BCUT2D eigenvalue weighted by Gasteiger charge is -2.13. The van der Waals surface area contributed by atoms with Gasteiger partial charge in [0.25, 0.3) is 0 Å². The Bertz CT molecular complexity index is 765. The Morgan fingerprint density at radius 2 is 1.50 bits per heavy atom. The molecule has 0 aliphatic heterocycles. The quantitative estimate of drug-likeness (QED) is 0.307. The lowest BCUT2D eigenvalue weighted by Crippen LogP contribution is -2.06. The van der Waals surface area contributed by atoms with Crippen molar-refractivity contribution in [1.29, 1.82) is 0 Å². The molecule has 1 aromatic carbocycles. The molecule has 0 saturated carbocycles. The van der Waals surface area contributed by atoms with Crippen molar-refractivity contribution in [2.75, 3.05) is 13.2 Å². The molecule has 0 fully saturated rings. The van der Waals surface area contributed by atoms with Crippen molar-refractivity contribution in [3.8, 4) is 17.2 Å². The molecule has 0 saturated heterocycles. The van der Waals surface area contributed by atoms with E-state index in [2.05, 4.69) is 13.8 Å². The summed E-state index contributed by atoms with van der Waals surface area (Å²) in [6.45, 7) is 5.30. The maximum absolute atomic E-state index is 11.9. The lowest BCUT2D eigenvalue weighted by atomic mass is 10.1. The minimum Gasteiger partial charge on any atom is -0.499 e. The topological polar surface area (TPSA) is 68.9 Å². The third kappa shape index (κ3) is 6.47. The van der Waals surface area contributed by atoms with Crippen molar-refractivity contribution in [2.24, 2.45) is 0 Å². The molecule has 1 aromatic heterocycles. The van der Waals surface area contributed by atoms with Crippen LogP contribution in [-0.4, -0.2) is 18.3 Å². The first-order valence-corrected chi connectivity index (χ1v) is 10.7. The highest BCUT2D eigenvalue weighted by molar-refractivity contribution is 5.91. The predicted octanol–water partition coefficient (Wildman–Crippen LogP) is 6.20. The molecule has 0 unspecified atom stereocenters. The summed E-state index contributed by atoms with van der Waals surface area (Å²) in [6, 6.07) is 5.28. The van der Waals surface area contributed by atoms with E-state index in [1.807, 2.05) is 6.07 Å². The van der Waals surface area contributed by atoms with Gasteiger partial charge in [-0.15, -0.1) is 0 Å². The molecule has 5 nitrogen and oxygen atoms in total. The van der Waals surface area contributed by atoms with Crippen LogP contribution >= 0.6 is 0 Å². The van der Waals surface area contributed by atoms with Gasteiger partial charge in [-0.3, -0.25) is 0 Å². The highest BCUT2D eigenvalue weighted by Gasteiger charge is 2.19. The van der Waals surface area contributed by atoms with Gasteiger partial charge in [-0.2, -0.15) is 0 Å². The standard InChI is InChI=1S/C23H34O5/c1-3-5-7-8-9-10-11-12-17-26-18-14-13-15-19-20(18)22(27-16-6-4-2)21(24)23(25)28-19/h13-15,24H,3-12,16-17H2,1-2H3. The van der Waals surface area contributed by atoms with E-state index >= 15 is 0 Å². The number of fused-ring (bicyclic) bond motifs is 1. The second kappa shape index (κ2) is 12.3. The van der Waals surface area contributed by atoms with Gasteiger partial charge in [0.2, 0.25) is 5.75 Å². The zero-order valence-electron chi connectivity index (χ0n) is 17.3. The first-order valence-electron chi connectivity index (χ1n) is 10.7. The second-order valence-electron chi connectivity index (χ2n) is 7.22. The highest BCUT2D eigenvalue weighted by Crippen LogP contribution is 2.38. The summed E-state index contributed by atoms with van der Waals surface area (Å²) in [5.74, 6) is 0.240. The molecule has 2 rings (SSSR count). The van der Waals surface area contributed by atoms with E-state index in [1.165, 1.54) is 38.5 Å². The summed E-state index contributed by atoms with van der Waals surface area (Å²) in [5.41, 5.74) is -0.429. The molecule has 0 bridgehead atoms. The molecule has 156 valence electrons. The molecule has 1 N–H and O–H groups in total. The Balaban J connectivity index is 1.98. The summed E-state index contributed by atoms with van der Waals surface area (Å²) >= 11 is 0. The van der Waals surface area contributed by atoms with Gasteiger partial charge < -0.3 is 19.0 Å². The first-order chi connectivity index (χ1) is 13.7. The Morgan fingerprint density at radius 1 is 0.857 bits per heavy atom. The Labute approximate surface area is 167 Å². The number of benzene rings is 1. The molecular weight excluding hydrogens is 356 g/mol. The van der Waals surface area contributed by atoms with Crippen LogP contribution in [0.3, 0.4) is 0 Å². The van der Waals surface area contributed by atoms with E-state index in [0.717, 1.165) is 25.7 Å². The molecule has 0 amide bonds. The van der Waals surface area contributed by atoms with Crippen LogP contribution in [0.5, 0.6) is 17.2 Å². The lowest BCUT2D eigenvalue weighted by molar-refractivity contribution is 0.283. The molecule has 1 heterocycles. The average molecular weight is 391 g/mol. The molecule has 5 heteroatoms. The summed E-state index contributed by atoms with van der Waals surface area (Å²) in [7, 11) is 0. The van der Waals surface area contributed by atoms with Crippen LogP contribution in [0.15, 0.2) is 27.4 Å². The fourth-order valence-corrected chi connectivity index (χ4v) is 3.18. The first kappa shape index (κ1) is 22.1. The number of hydrogen-bond donors (Lipinski definition) is 1. The Kier molecular flexibility index (Phi) is 9.73. The molecular formula is C23H34O5. The van der Waals surface area contributed by atoms with Crippen LogP contribution in [0, 0.1) is 0 Å². The largest absolute Gasteiger partial charge is 0.499 e. The van der Waals surface area contributed by atoms with Gasteiger partial charge in [0.1, 0.15) is 16.7 Å². The van der Waals surface area contributed by atoms with E-state index in [-0.39, 0.29) is 5.75 Å². The van der Waals surface area contributed by atoms with Gasteiger partial charge >= 0.3 is 5.63 Å². The number of aromatic hydroxyl groups is 1. The van der Waals surface area contributed by atoms with E-state index in [1.54, 1.807) is 12.1 Å². The summed E-state index contributed by atoms with van der Waals surface area (Å²) in [6.07, 6.45) is 11.7. The van der Waals surface area contributed by atoms with Gasteiger partial charge in [0, 0.05) is 0 Å². The molecule has 0 radical (unpaired) electrons. The van der Waals surface area contributed by atoms with Crippen molar-refractivity contribution in [3.05, 3.63) is 28.6 Å². The van der Waals surface area contributed by atoms with Crippen LogP contribution in [0.4, 0.5) is 0 Å². The van der Waals surface area contributed by atoms with Gasteiger partial charge in [-0.25, -0.2) is 4.79 Å². The minimum absolute atomic E-state index is 0.159. The molecule has 0 aliphatic carbocycles. The molecule has 2 aromatic rings.